The van der Waals surface area contributed by atoms with Crippen LogP contribution in [0.5, 0.6) is 0 Å². The molecule has 0 amide bonds. The Morgan fingerprint density at radius 2 is 2.24 bits per heavy atom. The highest BCUT2D eigenvalue weighted by Gasteiger charge is 2.26. The van der Waals surface area contributed by atoms with Crippen LogP contribution in [-0.2, 0) is 13.0 Å². The maximum Gasteiger partial charge on any atom is 0.139 e. The summed E-state index contributed by atoms with van der Waals surface area (Å²) < 4.78 is 16.4. The number of halogens is 3. The Hall–Kier alpha value is -0.650. The van der Waals surface area contributed by atoms with E-state index in [0.29, 0.717) is 16.8 Å². The van der Waals surface area contributed by atoms with Gasteiger partial charge in [-0.1, -0.05) is 0 Å². The molecule has 0 N–H and O–H groups in total. The quantitative estimate of drug-likeness (QED) is 0.717. The highest BCUT2D eigenvalue weighted by atomic mass is 79.9. The number of benzene rings is 1. The summed E-state index contributed by atoms with van der Waals surface area (Å²) in [6.45, 7) is 1.76. The molecule has 0 unspecified atom stereocenters. The molecule has 0 aliphatic heterocycles. The highest BCUT2D eigenvalue weighted by molar-refractivity contribution is 9.10. The molecule has 3 rings (SSSR count). The third-order valence-corrected chi connectivity index (χ3v) is 4.83. The zero-order chi connectivity index (χ0) is 15.0. The average molecular weight is 375 g/mol. The number of rotatable bonds is 6. The van der Waals surface area contributed by atoms with Crippen molar-refractivity contribution >= 4 is 38.6 Å². The number of fused-ring (bicyclic) bond motifs is 1. The van der Waals surface area contributed by atoms with Crippen molar-refractivity contribution in [3.8, 4) is 0 Å². The summed E-state index contributed by atoms with van der Waals surface area (Å²) in [5.41, 5.74) is 1.66. The molecule has 1 aliphatic rings. The largest absolute Gasteiger partial charge is 0.327 e. The van der Waals surface area contributed by atoms with Crippen LogP contribution in [0.4, 0.5) is 4.39 Å². The summed E-state index contributed by atoms with van der Waals surface area (Å²) >= 11 is 9.09. The molecule has 114 valence electrons. The van der Waals surface area contributed by atoms with Gasteiger partial charge in [0.2, 0.25) is 0 Å². The molecule has 1 saturated carbocycles. The zero-order valence-electron chi connectivity index (χ0n) is 12.0. The first-order chi connectivity index (χ1) is 10.1. The fourth-order valence-electron chi connectivity index (χ4n) is 2.65. The molecule has 0 radical (unpaired) electrons. The third kappa shape index (κ3) is 3.25. The zero-order valence-corrected chi connectivity index (χ0v) is 14.3. The lowest BCUT2D eigenvalue weighted by atomic mass is 10.3. The second-order valence-corrected chi connectivity index (χ2v) is 6.82. The van der Waals surface area contributed by atoms with Gasteiger partial charge in [0.25, 0.3) is 0 Å². The van der Waals surface area contributed by atoms with Gasteiger partial charge in [0.1, 0.15) is 11.6 Å². The van der Waals surface area contributed by atoms with Crippen LogP contribution in [0.1, 0.15) is 18.7 Å². The minimum atomic E-state index is -0.253. The molecule has 1 aromatic heterocycles. The van der Waals surface area contributed by atoms with E-state index < -0.39 is 0 Å². The van der Waals surface area contributed by atoms with Crippen molar-refractivity contribution in [2.45, 2.75) is 31.8 Å². The fourth-order valence-corrected chi connectivity index (χ4v) is 3.15. The minimum Gasteiger partial charge on any atom is -0.327 e. The van der Waals surface area contributed by atoms with Crippen LogP contribution in [0.25, 0.3) is 11.0 Å². The number of nitrogens with zero attached hydrogens (tertiary/aromatic N) is 3. The topological polar surface area (TPSA) is 21.1 Å². The Morgan fingerprint density at radius 3 is 2.90 bits per heavy atom. The van der Waals surface area contributed by atoms with Gasteiger partial charge >= 0.3 is 0 Å². The van der Waals surface area contributed by atoms with Crippen LogP contribution in [-0.4, -0.2) is 40.0 Å². The maximum atomic E-state index is 13.8. The van der Waals surface area contributed by atoms with Crippen molar-refractivity contribution in [3.63, 3.8) is 0 Å². The van der Waals surface area contributed by atoms with Gasteiger partial charge in [0.15, 0.2) is 0 Å². The molecule has 1 aliphatic carbocycles. The van der Waals surface area contributed by atoms with Gasteiger partial charge in [-0.3, -0.25) is 0 Å². The van der Waals surface area contributed by atoms with Crippen LogP contribution >= 0.6 is 27.5 Å². The molecule has 0 bridgehead atoms. The molecule has 1 fully saturated rings. The van der Waals surface area contributed by atoms with Gasteiger partial charge < -0.3 is 9.47 Å². The van der Waals surface area contributed by atoms with Gasteiger partial charge in [-0.15, -0.1) is 11.6 Å². The monoisotopic (exact) mass is 373 g/mol. The summed E-state index contributed by atoms with van der Waals surface area (Å²) in [6, 6.07) is 4.02. The molecule has 0 atom stereocenters. The van der Waals surface area contributed by atoms with E-state index in [1.807, 2.05) is 0 Å². The Labute approximate surface area is 137 Å². The lowest BCUT2D eigenvalue weighted by molar-refractivity contribution is 0.309. The average Bonchev–Trinajstić information content (AvgIpc) is 3.24. The van der Waals surface area contributed by atoms with Crippen molar-refractivity contribution in [1.29, 1.82) is 0 Å². The van der Waals surface area contributed by atoms with Crippen molar-refractivity contribution < 1.29 is 4.39 Å². The summed E-state index contributed by atoms with van der Waals surface area (Å²) in [5, 5.41) is 0. The van der Waals surface area contributed by atoms with Gasteiger partial charge in [-0.25, -0.2) is 9.37 Å². The van der Waals surface area contributed by atoms with Gasteiger partial charge in [0, 0.05) is 37.5 Å². The van der Waals surface area contributed by atoms with Gasteiger partial charge in [-0.2, -0.15) is 0 Å². The molecule has 6 heteroatoms. The van der Waals surface area contributed by atoms with Crippen molar-refractivity contribution in [2.75, 3.05) is 19.5 Å². The lowest BCUT2D eigenvalue weighted by Gasteiger charge is -2.17. The Balaban J connectivity index is 1.92. The number of alkyl halides is 1. The second kappa shape index (κ2) is 6.23. The molecule has 21 heavy (non-hydrogen) atoms. The Morgan fingerprint density at radius 1 is 1.48 bits per heavy atom. The van der Waals surface area contributed by atoms with E-state index in [-0.39, 0.29) is 5.82 Å². The van der Waals surface area contributed by atoms with Gasteiger partial charge in [0.05, 0.1) is 15.5 Å². The van der Waals surface area contributed by atoms with E-state index >= 15 is 0 Å². The van der Waals surface area contributed by atoms with Crippen LogP contribution in [0, 0.1) is 5.82 Å². The predicted molar refractivity (Wildman–Crippen MR) is 87.5 cm³/mol. The second-order valence-electron chi connectivity index (χ2n) is 5.59. The number of hydrogen-bond donors (Lipinski definition) is 0. The number of imidazole rings is 1. The van der Waals surface area contributed by atoms with E-state index in [1.54, 1.807) is 12.1 Å². The smallest absolute Gasteiger partial charge is 0.139 e. The van der Waals surface area contributed by atoms with Crippen molar-refractivity contribution in [3.05, 3.63) is 28.2 Å². The summed E-state index contributed by atoms with van der Waals surface area (Å²) in [4.78, 5) is 6.97. The molecule has 1 aromatic carbocycles. The van der Waals surface area contributed by atoms with E-state index in [2.05, 4.69) is 37.4 Å². The van der Waals surface area contributed by atoms with E-state index in [9.17, 15) is 4.39 Å². The molecular formula is C15H18BrClFN3. The first kappa shape index (κ1) is 15.3. The number of aryl methyl sites for hydroxylation is 1. The SMILES string of the molecule is CN(CCn1c(CCCl)nc2cc(Br)c(F)cc21)C1CC1. The minimum absolute atomic E-state index is 0.253. The fraction of sp³-hybridized carbons (Fsp3) is 0.533. The van der Waals surface area contributed by atoms with Crippen LogP contribution in [0.2, 0.25) is 0 Å². The Bertz CT molecular complexity index is 654. The van der Waals surface area contributed by atoms with Gasteiger partial charge in [-0.05, 0) is 41.9 Å². The summed E-state index contributed by atoms with van der Waals surface area (Å²) in [6.07, 6.45) is 3.27. The molecule has 0 saturated heterocycles. The molecule has 3 nitrogen and oxygen atoms in total. The standard InChI is InChI=1S/C15H18BrClFN3/c1-20(10-2-3-10)6-7-21-14-9-12(18)11(16)8-13(14)19-15(21)4-5-17/h8-10H,2-7H2,1H3. The number of likely N-dealkylation sites (N-methyl/N-ethyl adjacent to an activating group) is 1. The Kier molecular flexibility index (Phi) is 4.52. The predicted octanol–water partition coefficient (Wildman–Crippen LogP) is 3.81. The van der Waals surface area contributed by atoms with E-state index in [4.69, 9.17) is 11.6 Å². The molecular weight excluding hydrogens is 357 g/mol. The highest BCUT2D eigenvalue weighted by Crippen LogP contribution is 2.27. The van der Waals surface area contributed by atoms with Crippen LogP contribution in [0.15, 0.2) is 16.6 Å². The van der Waals surface area contributed by atoms with Crippen LogP contribution < -0.4 is 0 Å². The lowest BCUT2D eigenvalue weighted by Crippen LogP contribution is -2.25. The van der Waals surface area contributed by atoms with E-state index in [1.165, 1.54) is 12.8 Å². The summed E-state index contributed by atoms with van der Waals surface area (Å²) in [5.74, 6) is 1.20. The number of aromatic nitrogens is 2. The van der Waals surface area contributed by atoms with Crippen molar-refractivity contribution in [1.82, 2.24) is 14.5 Å². The van der Waals surface area contributed by atoms with E-state index in [0.717, 1.165) is 36.0 Å². The first-order valence-electron chi connectivity index (χ1n) is 7.20. The van der Waals surface area contributed by atoms with Crippen molar-refractivity contribution in [2.24, 2.45) is 0 Å². The summed E-state index contributed by atoms with van der Waals surface area (Å²) in [7, 11) is 2.15. The number of hydrogen-bond acceptors (Lipinski definition) is 2. The first-order valence-corrected chi connectivity index (χ1v) is 8.53. The normalized spacial score (nSPS) is 15.3. The molecule has 0 spiro atoms. The maximum absolute atomic E-state index is 13.8. The third-order valence-electron chi connectivity index (χ3n) is 4.03. The molecule has 2 aromatic rings. The molecule has 1 heterocycles. The van der Waals surface area contributed by atoms with Crippen LogP contribution in [0.3, 0.4) is 0 Å².